The number of nitrogens with one attached hydrogen (secondary N) is 2. The minimum absolute atomic E-state index is 0. The highest BCUT2D eigenvalue weighted by atomic mass is 127. The lowest BCUT2D eigenvalue weighted by Crippen LogP contribution is -2.49. The zero-order chi connectivity index (χ0) is 22.1. The van der Waals surface area contributed by atoms with Crippen LogP contribution in [-0.2, 0) is 10.2 Å². The molecule has 1 saturated heterocycles. The van der Waals surface area contributed by atoms with Gasteiger partial charge in [0.05, 0.1) is 13.7 Å². The predicted molar refractivity (Wildman–Crippen MR) is 136 cm³/mol. The van der Waals surface area contributed by atoms with Crippen molar-refractivity contribution in [2.24, 2.45) is 4.99 Å². The molecule has 1 heterocycles. The van der Waals surface area contributed by atoms with E-state index < -0.39 is 0 Å². The molecule has 0 saturated carbocycles. The highest BCUT2D eigenvalue weighted by Gasteiger charge is 2.34. The third-order valence-electron chi connectivity index (χ3n) is 5.66. The maximum atomic E-state index is 13.3. The van der Waals surface area contributed by atoms with Gasteiger partial charge in [0.1, 0.15) is 23.4 Å². The maximum Gasteiger partial charge on any atom is 0.191 e. The highest BCUT2D eigenvalue weighted by Crippen LogP contribution is 2.35. The fraction of sp³-hybridized carbons (Fsp3) is 0.458. The lowest BCUT2D eigenvalue weighted by atomic mass is 9.74. The summed E-state index contributed by atoms with van der Waals surface area (Å²) in [6.45, 7) is 4.68. The molecule has 1 aliphatic rings. The zero-order valence-electron chi connectivity index (χ0n) is 18.9. The summed E-state index contributed by atoms with van der Waals surface area (Å²) in [6, 6.07) is 14.4. The van der Waals surface area contributed by atoms with Crippen LogP contribution in [0.25, 0.3) is 0 Å². The molecular weight excluding hydrogens is 524 g/mol. The SMILES string of the molecule is CN=C(NCC(C)Oc1cccc(F)c1)NCC1(c2ccc(OC)cc2)CCOCC1.I. The molecule has 0 aliphatic carbocycles. The van der Waals surface area contributed by atoms with Crippen molar-refractivity contribution in [1.82, 2.24) is 10.6 Å². The van der Waals surface area contributed by atoms with E-state index in [0.29, 0.717) is 18.3 Å². The van der Waals surface area contributed by atoms with Gasteiger partial charge < -0.3 is 24.8 Å². The number of rotatable bonds is 8. The van der Waals surface area contributed by atoms with E-state index in [4.69, 9.17) is 14.2 Å². The Morgan fingerprint density at radius 1 is 1.12 bits per heavy atom. The molecule has 32 heavy (non-hydrogen) atoms. The number of nitrogens with zero attached hydrogens (tertiary/aromatic N) is 1. The second kappa shape index (κ2) is 12.8. The summed E-state index contributed by atoms with van der Waals surface area (Å²) >= 11 is 0. The first kappa shape index (κ1) is 26.2. The third kappa shape index (κ3) is 7.23. The molecule has 1 unspecified atom stereocenters. The Morgan fingerprint density at radius 3 is 2.47 bits per heavy atom. The van der Waals surface area contributed by atoms with Gasteiger partial charge >= 0.3 is 0 Å². The molecule has 3 rings (SSSR count). The van der Waals surface area contributed by atoms with Crippen molar-refractivity contribution in [1.29, 1.82) is 0 Å². The van der Waals surface area contributed by atoms with Gasteiger partial charge in [-0.2, -0.15) is 0 Å². The average Bonchev–Trinajstić information content (AvgIpc) is 2.80. The Hall–Kier alpha value is -2.07. The minimum atomic E-state index is -0.310. The third-order valence-corrected chi connectivity index (χ3v) is 5.66. The Bertz CT molecular complexity index is 858. The van der Waals surface area contributed by atoms with Crippen LogP contribution in [0.3, 0.4) is 0 Å². The molecule has 0 spiro atoms. The molecule has 2 aromatic rings. The number of hydrogen-bond donors (Lipinski definition) is 2. The van der Waals surface area contributed by atoms with Crippen LogP contribution in [0.15, 0.2) is 53.5 Å². The number of benzene rings is 2. The van der Waals surface area contributed by atoms with E-state index in [-0.39, 0.29) is 41.3 Å². The van der Waals surface area contributed by atoms with Crippen LogP contribution >= 0.6 is 24.0 Å². The fourth-order valence-electron chi connectivity index (χ4n) is 3.80. The summed E-state index contributed by atoms with van der Waals surface area (Å²) in [7, 11) is 3.42. The van der Waals surface area contributed by atoms with Crippen molar-refractivity contribution in [3.05, 3.63) is 59.9 Å². The van der Waals surface area contributed by atoms with Gasteiger partial charge in [-0.25, -0.2) is 4.39 Å². The van der Waals surface area contributed by atoms with Crippen molar-refractivity contribution in [2.75, 3.05) is 40.5 Å². The molecule has 0 radical (unpaired) electrons. The molecule has 0 bridgehead atoms. The van der Waals surface area contributed by atoms with Crippen LogP contribution in [0.4, 0.5) is 4.39 Å². The van der Waals surface area contributed by atoms with Crippen molar-refractivity contribution < 1.29 is 18.6 Å². The lowest BCUT2D eigenvalue weighted by Gasteiger charge is -2.38. The van der Waals surface area contributed by atoms with Crippen LogP contribution in [0.2, 0.25) is 0 Å². The van der Waals surface area contributed by atoms with Gasteiger partial charge in [0.25, 0.3) is 0 Å². The van der Waals surface area contributed by atoms with Gasteiger partial charge in [-0.3, -0.25) is 4.99 Å². The summed E-state index contributed by atoms with van der Waals surface area (Å²) < 4.78 is 30.1. The Labute approximate surface area is 207 Å². The van der Waals surface area contributed by atoms with Gasteiger partial charge in [0, 0.05) is 38.3 Å². The zero-order valence-corrected chi connectivity index (χ0v) is 21.2. The number of methoxy groups -OCH3 is 1. The van der Waals surface area contributed by atoms with Crippen molar-refractivity contribution in [3.63, 3.8) is 0 Å². The van der Waals surface area contributed by atoms with E-state index >= 15 is 0 Å². The van der Waals surface area contributed by atoms with Gasteiger partial charge in [0.2, 0.25) is 0 Å². The standard InChI is InChI=1S/C24H32FN3O3.HI/c1-18(31-22-6-4-5-20(25)15-22)16-27-23(26-2)28-17-24(11-13-30-14-12-24)19-7-9-21(29-3)10-8-19;/h4-10,15,18H,11-14,16-17H2,1-3H3,(H2,26,27,28);1H. The Kier molecular flexibility index (Phi) is 10.5. The quantitative estimate of drug-likeness (QED) is 0.291. The number of halogens is 2. The average molecular weight is 557 g/mol. The predicted octanol–water partition coefficient (Wildman–Crippen LogP) is 4.13. The normalized spacial score (nSPS) is 16.4. The first-order valence-electron chi connectivity index (χ1n) is 10.6. The van der Waals surface area contributed by atoms with Gasteiger partial charge in [-0.05, 0) is 49.6 Å². The van der Waals surface area contributed by atoms with Crippen LogP contribution in [0, 0.1) is 5.82 Å². The molecule has 6 nitrogen and oxygen atoms in total. The van der Waals surface area contributed by atoms with E-state index in [1.165, 1.54) is 17.7 Å². The Morgan fingerprint density at radius 2 is 1.84 bits per heavy atom. The minimum Gasteiger partial charge on any atom is -0.497 e. The van der Waals surface area contributed by atoms with Crippen LogP contribution < -0.4 is 20.1 Å². The molecule has 0 amide bonds. The smallest absolute Gasteiger partial charge is 0.191 e. The monoisotopic (exact) mass is 557 g/mol. The van der Waals surface area contributed by atoms with Crippen molar-refractivity contribution >= 4 is 29.9 Å². The summed E-state index contributed by atoms with van der Waals surface area (Å²) in [5.41, 5.74) is 1.23. The number of ether oxygens (including phenoxy) is 3. The van der Waals surface area contributed by atoms with Crippen LogP contribution in [0.5, 0.6) is 11.5 Å². The summed E-state index contributed by atoms with van der Waals surface area (Å²) in [4.78, 5) is 4.35. The van der Waals surface area contributed by atoms with Crippen molar-refractivity contribution in [2.45, 2.75) is 31.3 Å². The molecule has 0 aromatic heterocycles. The van der Waals surface area contributed by atoms with Gasteiger partial charge in [0.15, 0.2) is 5.96 Å². The number of guanidine groups is 1. The second-order valence-corrected chi connectivity index (χ2v) is 7.81. The van der Waals surface area contributed by atoms with E-state index in [9.17, 15) is 4.39 Å². The molecule has 1 aliphatic heterocycles. The Balaban J connectivity index is 0.00000363. The van der Waals surface area contributed by atoms with Gasteiger partial charge in [-0.15, -0.1) is 24.0 Å². The van der Waals surface area contributed by atoms with Gasteiger partial charge in [-0.1, -0.05) is 18.2 Å². The van der Waals surface area contributed by atoms with E-state index in [1.807, 2.05) is 19.1 Å². The largest absolute Gasteiger partial charge is 0.497 e. The molecule has 1 fully saturated rings. The highest BCUT2D eigenvalue weighted by molar-refractivity contribution is 14.0. The van der Waals surface area contributed by atoms with Crippen molar-refractivity contribution in [3.8, 4) is 11.5 Å². The lowest BCUT2D eigenvalue weighted by molar-refractivity contribution is 0.0513. The summed E-state index contributed by atoms with van der Waals surface area (Å²) in [5, 5.41) is 6.77. The van der Waals surface area contributed by atoms with E-state index in [2.05, 4.69) is 27.8 Å². The molecule has 2 aromatic carbocycles. The topological polar surface area (TPSA) is 64.1 Å². The molecule has 2 N–H and O–H groups in total. The molecule has 176 valence electrons. The van der Waals surface area contributed by atoms with E-state index in [0.717, 1.165) is 38.3 Å². The first-order chi connectivity index (χ1) is 15.0. The summed E-state index contributed by atoms with van der Waals surface area (Å²) in [5.74, 6) is 1.76. The fourth-order valence-corrected chi connectivity index (χ4v) is 3.80. The van der Waals surface area contributed by atoms with Crippen LogP contribution in [-0.4, -0.2) is 52.5 Å². The summed E-state index contributed by atoms with van der Waals surface area (Å²) in [6.07, 6.45) is 1.71. The second-order valence-electron chi connectivity index (χ2n) is 7.81. The maximum absolute atomic E-state index is 13.3. The van der Waals surface area contributed by atoms with E-state index in [1.54, 1.807) is 26.3 Å². The molecule has 8 heteroatoms. The first-order valence-corrected chi connectivity index (χ1v) is 10.6. The number of hydrogen-bond acceptors (Lipinski definition) is 4. The molecule has 1 atom stereocenters. The van der Waals surface area contributed by atoms with Crippen LogP contribution in [0.1, 0.15) is 25.3 Å². The molecular formula is C24H33FIN3O3. The number of aliphatic imine (C=N–C) groups is 1.